The summed E-state index contributed by atoms with van der Waals surface area (Å²) in [5, 5.41) is 7.14. The van der Waals surface area contributed by atoms with E-state index in [9.17, 15) is 0 Å². The highest BCUT2D eigenvalue weighted by Crippen LogP contribution is 2.36. The van der Waals surface area contributed by atoms with Gasteiger partial charge in [-0.05, 0) is 46.5 Å². The SMILES string of the molecule is c1ccc(-c2nc(-c3ccc4ccccc4c3)nc(-c3ccc4c(-n5c6ccccc6c6ccccc65)cccc4c3)n2)cc1. The number of fused-ring (bicyclic) bond motifs is 5. The second-order valence-electron chi connectivity index (χ2n) is 11.3. The Morgan fingerprint density at radius 2 is 0.867 bits per heavy atom. The number of hydrogen-bond donors (Lipinski definition) is 0. The van der Waals surface area contributed by atoms with Crippen LogP contribution in [0.5, 0.6) is 0 Å². The molecule has 0 bridgehead atoms. The van der Waals surface area contributed by atoms with Gasteiger partial charge in [-0.2, -0.15) is 0 Å². The number of nitrogens with zero attached hydrogens (tertiary/aromatic N) is 4. The van der Waals surface area contributed by atoms with E-state index in [2.05, 4.69) is 132 Å². The van der Waals surface area contributed by atoms with Crippen LogP contribution in [-0.4, -0.2) is 19.5 Å². The molecule has 4 nitrogen and oxygen atoms in total. The van der Waals surface area contributed by atoms with Gasteiger partial charge >= 0.3 is 0 Å². The van der Waals surface area contributed by atoms with Gasteiger partial charge in [0.1, 0.15) is 0 Å². The molecule has 0 N–H and O–H groups in total. The first-order valence-electron chi connectivity index (χ1n) is 15.1. The van der Waals surface area contributed by atoms with Crippen molar-refractivity contribution >= 4 is 43.4 Å². The van der Waals surface area contributed by atoms with Crippen LogP contribution in [0, 0.1) is 0 Å². The normalized spacial score (nSPS) is 11.6. The first kappa shape index (κ1) is 25.4. The molecule has 0 radical (unpaired) electrons. The highest BCUT2D eigenvalue weighted by molar-refractivity contribution is 6.10. The molecule has 9 aromatic rings. The van der Waals surface area contributed by atoms with Crippen molar-refractivity contribution in [2.24, 2.45) is 0 Å². The van der Waals surface area contributed by atoms with Crippen LogP contribution in [-0.2, 0) is 0 Å². The molecule has 0 atom stereocenters. The van der Waals surface area contributed by atoms with E-state index in [-0.39, 0.29) is 0 Å². The molecule has 0 amide bonds. The van der Waals surface area contributed by atoms with E-state index in [0.717, 1.165) is 33.2 Å². The van der Waals surface area contributed by atoms with Gasteiger partial charge in [0.15, 0.2) is 17.5 Å². The zero-order valence-electron chi connectivity index (χ0n) is 24.3. The fourth-order valence-corrected chi connectivity index (χ4v) is 6.46. The number of rotatable bonds is 4. The smallest absolute Gasteiger partial charge is 0.164 e. The van der Waals surface area contributed by atoms with Crippen LogP contribution >= 0.6 is 0 Å². The lowest BCUT2D eigenvalue weighted by molar-refractivity contribution is 1.07. The molecule has 2 aromatic heterocycles. The summed E-state index contributed by atoms with van der Waals surface area (Å²) in [6, 6.07) is 55.1. The van der Waals surface area contributed by atoms with Crippen LogP contribution in [0.1, 0.15) is 0 Å². The average Bonchev–Trinajstić information content (AvgIpc) is 3.45. The number of aromatic nitrogens is 4. The Labute approximate surface area is 259 Å². The second-order valence-corrected chi connectivity index (χ2v) is 11.3. The predicted molar refractivity (Wildman–Crippen MR) is 185 cm³/mol. The van der Waals surface area contributed by atoms with Gasteiger partial charge in [0, 0.05) is 32.8 Å². The number of hydrogen-bond acceptors (Lipinski definition) is 3. The lowest BCUT2D eigenvalue weighted by Crippen LogP contribution is -2.00. The summed E-state index contributed by atoms with van der Waals surface area (Å²) < 4.78 is 2.38. The van der Waals surface area contributed by atoms with Crippen molar-refractivity contribution in [1.82, 2.24) is 19.5 Å². The van der Waals surface area contributed by atoms with Gasteiger partial charge in [0.05, 0.1) is 16.7 Å². The highest BCUT2D eigenvalue weighted by atomic mass is 15.0. The predicted octanol–water partition coefficient (Wildman–Crippen LogP) is 10.3. The minimum atomic E-state index is 0.649. The van der Waals surface area contributed by atoms with Crippen molar-refractivity contribution in [3.8, 4) is 39.9 Å². The molecule has 9 rings (SSSR count). The lowest BCUT2D eigenvalue weighted by Gasteiger charge is -2.13. The maximum absolute atomic E-state index is 5.04. The third-order valence-electron chi connectivity index (χ3n) is 8.61. The van der Waals surface area contributed by atoms with E-state index >= 15 is 0 Å². The summed E-state index contributed by atoms with van der Waals surface area (Å²) in [4.78, 5) is 15.0. The van der Waals surface area contributed by atoms with Crippen molar-refractivity contribution < 1.29 is 0 Å². The highest BCUT2D eigenvalue weighted by Gasteiger charge is 2.16. The van der Waals surface area contributed by atoms with E-state index in [1.54, 1.807) is 0 Å². The molecule has 0 saturated carbocycles. The molecule has 0 spiro atoms. The Morgan fingerprint density at radius 3 is 1.58 bits per heavy atom. The molecular weight excluding hydrogens is 548 g/mol. The number of para-hydroxylation sites is 2. The van der Waals surface area contributed by atoms with E-state index in [1.807, 2.05) is 30.3 Å². The molecular formula is C41H26N4. The standard InChI is InChI=1S/C41H26N4/c1-2-12-28(13-3-1)39-42-40(31-22-21-27-11-4-5-14-29(27)25-31)44-41(43-39)32-23-24-33-30(26-32)15-10-20-36(33)45-37-18-8-6-16-34(37)35-17-7-9-19-38(35)45/h1-26H. The van der Waals surface area contributed by atoms with E-state index in [0.29, 0.717) is 17.5 Å². The minimum Gasteiger partial charge on any atom is -0.309 e. The second kappa shape index (κ2) is 10.2. The largest absolute Gasteiger partial charge is 0.309 e. The summed E-state index contributed by atoms with van der Waals surface area (Å²) in [7, 11) is 0. The average molecular weight is 575 g/mol. The third-order valence-corrected chi connectivity index (χ3v) is 8.61. The summed E-state index contributed by atoms with van der Waals surface area (Å²) in [5.74, 6) is 1.96. The van der Waals surface area contributed by atoms with Crippen molar-refractivity contribution in [3.05, 3.63) is 158 Å². The van der Waals surface area contributed by atoms with Crippen molar-refractivity contribution in [2.75, 3.05) is 0 Å². The molecule has 0 aliphatic rings. The van der Waals surface area contributed by atoms with Gasteiger partial charge in [-0.3, -0.25) is 0 Å². The maximum Gasteiger partial charge on any atom is 0.164 e. The van der Waals surface area contributed by atoms with E-state index in [1.165, 1.54) is 32.6 Å². The van der Waals surface area contributed by atoms with Crippen molar-refractivity contribution in [3.63, 3.8) is 0 Å². The van der Waals surface area contributed by atoms with Crippen LogP contribution < -0.4 is 0 Å². The molecule has 210 valence electrons. The van der Waals surface area contributed by atoms with Gasteiger partial charge in [-0.1, -0.05) is 127 Å². The molecule has 0 aliphatic carbocycles. The summed E-state index contributed by atoms with van der Waals surface area (Å²) >= 11 is 0. The molecule has 7 aromatic carbocycles. The zero-order valence-corrected chi connectivity index (χ0v) is 24.3. The Hall–Kier alpha value is -6.13. The molecule has 0 fully saturated rings. The number of benzene rings is 7. The fourth-order valence-electron chi connectivity index (χ4n) is 6.46. The van der Waals surface area contributed by atoms with Gasteiger partial charge in [-0.15, -0.1) is 0 Å². The van der Waals surface area contributed by atoms with Crippen LogP contribution in [0.15, 0.2) is 158 Å². The lowest BCUT2D eigenvalue weighted by atomic mass is 10.0. The first-order chi connectivity index (χ1) is 22.3. The first-order valence-corrected chi connectivity index (χ1v) is 15.1. The maximum atomic E-state index is 5.04. The summed E-state index contributed by atoms with van der Waals surface area (Å²) in [5.41, 5.74) is 6.40. The zero-order chi connectivity index (χ0) is 29.7. The molecule has 0 saturated heterocycles. The van der Waals surface area contributed by atoms with Crippen LogP contribution in [0.4, 0.5) is 0 Å². The quantitative estimate of drug-likeness (QED) is 0.210. The molecule has 0 aliphatic heterocycles. The van der Waals surface area contributed by atoms with E-state index in [4.69, 9.17) is 15.0 Å². The molecule has 2 heterocycles. The van der Waals surface area contributed by atoms with Crippen molar-refractivity contribution in [1.29, 1.82) is 0 Å². The van der Waals surface area contributed by atoms with Gasteiger partial charge in [0.25, 0.3) is 0 Å². The Kier molecular flexibility index (Phi) is 5.78. The fraction of sp³-hybridized carbons (Fsp3) is 0. The minimum absolute atomic E-state index is 0.649. The van der Waals surface area contributed by atoms with Gasteiger partial charge < -0.3 is 4.57 Å². The Bertz CT molecular complexity index is 2490. The summed E-state index contributed by atoms with van der Waals surface area (Å²) in [6.07, 6.45) is 0. The van der Waals surface area contributed by atoms with E-state index < -0.39 is 0 Å². The monoisotopic (exact) mass is 574 g/mol. The van der Waals surface area contributed by atoms with Crippen LogP contribution in [0.3, 0.4) is 0 Å². The van der Waals surface area contributed by atoms with Crippen LogP contribution in [0.2, 0.25) is 0 Å². The topological polar surface area (TPSA) is 43.6 Å². The molecule has 45 heavy (non-hydrogen) atoms. The molecule has 0 unspecified atom stereocenters. The Balaban J connectivity index is 1.23. The molecule has 4 heteroatoms. The van der Waals surface area contributed by atoms with Gasteiger partial charge in [-0.25, -0.2) is 15.0 Å². The Morgan fingerprint density at radius 1 is 0.333 bits per heavy atom. The van der Waals surface area contributed by atoms with Gasteiger partial charge in [0.2, 0.25) is 0 Å². The summed E-state index contributed by atoms with van der Waals surface area (Å²) in [6.45, 7) is 0. The third kappa shape index (κ3) is 4.27. The van der Waals surface area contributed by atoms with Crippen LogP contribution in [0.25, 0.3) is 83.2 Å². The van der Waals surface area contributed by atoms with Crippen molar-refractivity contribution in [2.45, 2.75) is 0 Å².